The Kier molecular flexibility index (Phi) is 9.82. The summed E-state index contributed by atoms with van der Waals surface area (Å²) in [6, 6.07) is 15.3. The van der Waals surface area contributed by atoms with Gasteiger partial charge in [-0.2, -0.15) is 0 Å². The van der Waals surface area contributed by atoms with Crippen LogP contribution in [0.5, 0.6) is 5.75 Å². The number of hydrogen-bond acceptors (Lipinski definition) is 7. The van der Waals surface area contributed by atoms with Crippen LogP contribution in [0.2, 0.25) is 0 Å². The standard InChI is InChI=1S/C30H35N5O3/c1-24-9-11-31-27(19-24)21-34-15-13-33(2)14-16-35(18-17-34)22-28-20-26(10-12-32-28)4-3-25-5-7-29(8-6-25)38-23-30(36)37/h5-12,19-20H,13-18,21-23H2,1-2H3,(H,36,37). The Morgan fingerprint density at radius 3 is 2.05 bits per heavy atom. The quantitative estimate of drug-likeness (QED) is 0.483. The lowest BCUT2D eigenvalue weighted by Gasteiger charge is -2.25. The molecule has 1 fully saturated rings. The first-order valence-corrected chi connectivity index (χ1v) is 12.9. The summed E-state index contributed by atoms with van der Waals surface area (Å²) in [6.07, 6.45) is 3.72. The second-order valence-corrected chi connectivity index (χ2v) is 9.67. The summed E-state index contributed by atoms with van der Waals surface area (Å²) in [5, 5.41) is 8.73. The summed E-state index contributed by atoms with van der Waals surface area (Å²) >= 11 is 0. The molecule has 198 valence electrons. The summed E-state index contributed by atoms with van der Waals surface area (Å²) in [7, 11) is 2.19. The lowest BCUT2D eigenvalue weighted by molar-refractivity contribution is -0.139. The highest BCUT2D eigenvalue weighted by molar-refractivity contribution is 5.68. The summed E-state index contributed by atoms with van der Waals surface area (Å²) < 4.78 is 5.18. The van der Waals surface area contributed by atoms with Crippen molar-refractivity contribution in [3.63, 3.8) is 0 Å². The van der Waals surface area contributed by atoms with Gasteiger partial charge in [0.2, 0.25) is 0 Å². The molecule has 1 aliphatic rings. The van der Waals surface area contributed by atoms with E-state index in [4.69, 9.17) is 9.84 Å². The molecule has 0 amide bonds. The summed E-state index contributed by atoms with van der Waals surface area (Å²) in [6.45, 7) is 9.40. The van der Waals surface area contributed by atoms with Crippen molar-refractivity contribution in [2.75, 3.05) is 52.9 Å². The van der Waals surface area contributed by atoms with Gasteiger partial charge in [-0.25, -0.2) is 4.79 Å². The number of aromatic nitrogens is 2. The number of ether oxygens (including phenoxy) is 1. The van der Waals surface area contributed by atoms with Gasteiger partial charge in [-0.3, -0.25) is 19.8 Å². The van der Waals surface area contributed by atoms with Crippen molar-refractivity contribution < 1.29 is 14.6 Å². The number of benzene rings is 1. The van der Waals surface area contributed by atoms with E-state index in [2.05, 4.69) is 62.6 Å². The maximum absolute atomic E-state index is 10.6. The van der Waals surface area contributed by atoms with Crippen LogP contribution in [-0.2, 0) is 17.9 Å². The molecule has 1 saturated heterocycles. The van der Waals surface area contributed by atoms with Gasteiger partial charge in [-0.1, -0.05) is 11.8 Å². The molecular formula is C30H35N5O3. The van der Waals surface area contributed by atoms with Crippen molar-refractivity contribution in [1.29, 1.82) is 0 Å². The van der Waals surface area contributed by atoms with Gasteiger partial charge in [0.05, 0.1) is 11.4 Å². The maximum Gasteiger partial charge on any atom is 0.341 e. The fraction of sp³-hybridized carbons (Fsp3) is 0.367. The highest BCUT2D eigenvalue weighted by Gasteiger charge is 2.16. The number of likely N-dealkylation sites (N-methyl/N-ethyl adjacent to an activating group) is 1. The van der Waals surface area contributed by atoms with Gasteiger partial charge in [-0.05, 0) is 68.1 Å². The number of carboxylic acids is 1. The van der Waals surface area contributed by atoms with Crippen molar-refractivity contribution in [2.45, 2.75) is 20.0 Å². The predicted octanol–water partition coefficient (Wildman–Crippen LogP) is 2.90. The van der Waals surface area contributed by atoms with E-state index in [0.29, 0.717) is 5.75 Å². The highest BCUT2D eigenvalue weighted by Crippen LogP contribution is 2.12. The Hall–Kier alpha value is -3.77. The highest BCUT2D eigenvalue weighted by atomic mass is 16.5. The van der Waals surface area contributed by atoms with Crippen LogP contribution in [-0.4, -0.2) is 88.7 Å². The summed E-state index contributed by atoms with van der Waals surface area (Å²) in [4.78, 5) is 27.2. The molecule has 0 unspecified atom stereocenters. The molecule has 0 spiro atoms. The van der Waals surface area contributed by atoms with Crippen molar-refractivity contribution >= 4 is 5.97 Å². The normalized spacial score (nSPS) is 15.5. The minimum atomic E-state index is -1.00. The number of nitrogens with zero attached hydrogens (tertiary/aromatic N) is 5. The summed E-state index contributed by atoms with van der Waals surface area (Å²) in [5.74, 6) is 5.89. The van der Waals surface area contributed by atoms with Gasteiger partial charge in [-0.15, -0.1) is 0 Å². The molecule has 0 aliphatic carbocycles. The second-order valence-electron chi connectivity index (χ2n) is 9.67. The molecular weight excluding hydrogens is 478 g/mol. The second kappa shape index (κ2) is 13.7. The summed E-state index contributed by atoms with van der Waals surface area (Å²) in [5.41, 5.74) is 5.11. The minimum absolute atomic E-state index is 0.361. The van der Waals surface area contributed by atoms with Crippen LogP contribution in [0, 0.1) is 18.8 Å². The van der Waals surface area contributed by atoms with E-state index >= 15 is 0 Å². The number of hydrogen-bond donors (Lipinski definition) is 1. The van der Waals surface area contributed by atoms with Gasteiger partial charge in [0.1, 0.15) is 5.75 Å². The zero-order valence-electron chi connectivity index (χ0n) is 22.1. The van der Waals surface area contributed by atoms with Crippen molar-refractivity contribution in [2.24, 2.45) is 0 Å². The molecule has 0 radical (unpaired) electrons. The van der Waals surface area contributed by atoms with Crippen LogP contribution in [0.25, 0.3) is 0 Å². The van der Waals surface area contributed by atoms with E-state index in [1.165, 1.54) is 5.56 Å². The fourth-order valence-electron chi connectivity index (χ4n) is 4.27. The molecule has 1 aromatic carbocycles. The molecule has 8 heteroatoms. The van der Waals surface area contributed by atoms with E-state index < -0.39 is 5.97 Å². The molecule has 1 aliphatic heterocycles. The third-order valence-corrected chi connectivity index (χ3v) is 6.46. The topological polar surface area (TPSA) is 82.0 Å². The van der Waals surface area contributed by atoms with E-state index in [9.17, 15) is 4.79 Å². The third-order valence-electron chi connectivity index (χ3n) is 6.46. The Morgan fingerprint density at radius 2 is 1.42 bits per heavy atom. The van der Waals surface area contributed by atoms with E-state index in [-0.39, 0.29) is 6.61 Å². The molecule has 3 aromatic rings. The van der Waals surface area contributed by atoms with Crippen LogP contribution >= 0.6 is 0 Å². The first-order valence-electron chi connectivity index (χ1n) is 12.9. The largest absolute Gasteiger partial charge is 0.482 e. The number of aryl methyl sites for hydroxylation is 1. The average molecular weight is 514 g/mol. The maximum atomic E-state index is 10.6. The SMILES string of the molecule is Cc1ccnc(CN2CCN(C)CCN(Cc3cc(C#Cc4ccc(OCC(=O)O)cc4)ccn3)CC2)c1. The van der Waals surface area contributed by atoms with E-state index in [1.807, 2.05) is 36.7 Å². The molecule has 38 heavy (non-hydrogen) atoms. The third kappa shape index (κ3) is 8.96. The van der Waals surface area contributed by atoms with Crippen LogP contribution < -0.4 is 4.74 Å². The van der Waals surface area contributed by atoms with E-state index in [0.717, 1.165) is 74.9 Å². The Balaban J connectivity index is 1.37. The van der Waals surface area contributed by atoms with Gasteiger partial charge in [0, 0.05) is 75.9 Å². The zero-order chi connectivity index (χ0) is 26.7. The fourth-order valence-corrected chi connectivity index (χ4v) is 4.27. The lowest BCUT2D eigenvalue weighted by Crippen LogP contribution is -2.35. The Labute approximate surface area is 224 Å². The minimum Gasteiger partial charge on any atom is -0.482 e. The Bertz CT molecular complexity index is 1270. The number of aliphatic carboxylic acids is 1. The van der Waals surface area contributed by atoms with Crippen molar-refractivity contribution in [1.82, 2.24) is 24.7 Å². The lowest BCUT2D eigenvalue weighted by atomic mass is 10.2. The molecule has 3 heterocycles. The van der Waals surface area contributed by atoms with Crippen LogP contribution in [0.1, 0.15) is 28.1 Å². The zero-order valence-corrected chi connectivity index (χ0v) is 22.1. The van der Waals surface area contributed by atoms with Crippen molar-refractivity contribution in [3.8, 4) is 17.6 Å². The van der Waals surface area contributed by atoms with Crippen LogP contribution in [0.3, 0.4) is 0 Å². The average Bonchev–Trinajstić information content (AvgIpc) is 2.99. The molecule has 4 rings (SSSR count). The first-order chi connectivity index (χ1) is 18.4. The van der Waals surface area contributed by atoms with Gasteiger partial charge >= 0.3 is 5.97 Å². The molecule has 8 nitrogen and oxygen atoms in total. The molecule has 2 aromatic heterocycles. The predicted molar refractivity (Wildman–Crippen MR) is 147 cm³/mol. The van der Waals surface area contributed by atoms with E-state index in [1.54, 1.807) is 12.1 Å². The van der Waals surface area contributed by atoms with Crippen LogP contribution in [0.4, 0.5) is 0 Å². The molecule has 0 atom stereocenters. The van der Waals surface area contributed by atoms with Gasteiger partial charge in [0.15, 0.2) is 6.61 Å². The first kappa shape index (κ1) is 27.3. The molecule has 0 bridgehead atoms. The van der Waals surface area contributed by atoms with Gasteiger partial charge < -0.3 is 14.7 Å². The Morgan fingerprint density at radius 1 is 0.842 bits per heavy atom. The van der Waals surface area contributed by atoms with Crippen molar-refractivity contribution in [3.05, 3.63) is 89.0 Å². The van der Waals surface area contributed by atoms with Gasteiger partial charge in [0.25, 0.3) is 0 Å². The number of carbonyl (C=O) groups is 1. The monoisotopic (exact) mass is 513 g/mol. The number of pyridine rings is 2. The number of carboxylic acid groups (broad SMARTS) is 1. The smallest absolute Gasteiger partial charge is 0.341 e. The number of rotatable bonds is 7. The molecule has 1 N–H and O–H groups in total. The molecule has 0 saturated carbocycles. The van der Waals surface area contributed by atoms with Crippen LogP contribution in [0.15, 0.2) is 60.9 Å².